The Balaban J connectivity index is 2.75. The molecule has 0 bridgehead atoms. The molecule has 4 heteroatoms. The molecule has 0 aliphatic heterocycles. The van der Waals surface area contributed by atoms with E-state index in [1.165, 1.54) is 0 Å². The molecule has 0 saturated heterocycles. The number of hydrogen-bond acceptors (Lipinski definition) is 3. The van der Waals surface area contributed by atoms with Crippen LogP contribution in [0.1, 0.15) is 46.1 Å². The number of nitrogens with one attached hydrogen (secondary N) is 1. The van der Waals surface area contributed by atoms with E-state index >= 15 is 0 Å². The van der Waals surface area contributed by atoms with Crippen molar-refractivity contribution < 1.29 is 9.84 Å². The summed E-state index contributed by atoms with van der Waals surface area (Å²) in [6.45, 7) is 10.2. The molecule has 0 fully saturated rings. The van der Waals surface area contributed by atoms with Crippen molar-refractivity contribution in [2.24, 2.45) is 5.92 Å². The third-order valence-corrected chi connectivity index (χ3v) is 4.10. The highest BCUT2D eigenvalue weighted by atomic mass is 35.5. The smallest absolute Gasteiger partial charge is 0.125 e. The highest BCUT2D eigenvalue weighted by molar-refractivity contribution is 6.31. The van der Waals surface area contributed by atoms with E-state index in [0.29, 0.717) is 30.3 Å². The van der Waals surface area contributed by atoms with Crippen molar-refractivity contribution in [3.63, 3.8) is 0 Å². The van der Waals surface area contributed by atoms with E-state index in [1.807, 2.05) is 32.0 Å². The Hall–Kier alpha value is -0.770. The van der Waals surface area contributed by atoms with Crippen molar-refractivity contribution in [2.45, 2.75) is 52.7 Å². The quantitative estimate of drug-likeness (QED) is 0.723. The first kappa shape index (κ1) is 18.3. The zero-order chi connectivity index (χ0) is 15.9. The lowest BCUT2D eigenvalue weighted by Gasteiger charge is -2.26. The molecule has 1 aromatic rings. The monoisotopic (exact) mass is 313 g/mol. The van der Waals surface area contributed by atoms with Crippen molar-refractivity contribution >= 4 is 11.6 Å². The maximum atomic E-state index is 10.3. The summed E-state index contributed by atoms with van der Waals surface area (Å²) in [6.07, 6.45) is 1.34. The predicted octanol–water partition coefficient (Wildman–Crippen LogP) is 4.02. The van der Waals surface area contributed by atoms with Crippen molar-refractivity contribution in [1.82, 2.24) is 5.32 Å². The van der Waals surface area contributed by atoms with Gasteiger partial charge in [0.05, 0.1) is 5.60 Å². The first-order valence-corrected chi connectivity index (χ1v) is 8.13. The highest BCUT2D eigenvalue weighted by Gasteiger charge is 2.23. The second-order valence-electron chi connectivity index (χ2n) is 5.96. The number of halogens is 1. The lowest BCUT2D eigenvalue weighted by atomic mass is 9.99. The van der Waals surface area contributed by atoms with Crippen LogP contribution in [0.4, 0.5) is 0 Å². The van der Waals surface area contributed by atoms with Crippen molar-refractivity contribution in [3.8, 4) is 5.75 Å². The van der Waals surface area contributed by atoms with E-state index in [0.717, 1.165) is 17.9 Å². The molecule has 1 rings (SSSR count). The molecule has 0 aromatic heterocycles. The maximum absolute atomic E-state index is 10.3. The first-order chi connectivity index (χ1) is 9.91. The SMILES string of the molecule is CCC(O)(CC)COc1cccc(Cl)c1CNCC(C)C. The fourth-order valence-electron chi connectivity index (χ4n) is 2.00. The molecule has 0 amide bonds. The standard InChI is InChI=1S/C17H28ClNO2/c1-5-17(20,6-2)12-21-16-9-7-8-15(18)14(16)11-19-10-13(3)4/h7-9,13,19-20H,5-6,10-12H2,1-4H3. The Morgan fingerprint density at radius 2 is 1.95 bits per heavy atom. The molecule has 0 saturated carbocycles. The van der Waals surface area contributed by atoms with Crippen LogP contribution in [0.2, 0.25) is 5.02 Å². The van der Waals surface area contributed by atoms with E-state index < -0.39 is 5.60 Å². The van der Waals surface area contributed by atoms with Crippen LogP contribution in [-0.4, -0.2) is 23.9 Å². The van der Waals surface area contributed by atoms with Gasteiger partial charge in [-0.15, -0.1) is 0 Å². The fraction of sp³-hybridized carbons (Fsp3) is 0.647. The molecule has 3 nitrogen and oxygen atoms in total. The Labute approximate surface area is 133 Å². The van der Waals surface area contributed by atoms with E-state index in [9.17, 15) is 5.11 Å². The Kier molecular flexibility index (Phi) is 7.50. The van der Waals surface area contributed by atoms with Gasteiger partial charge in [-0.2, -0.15) is 0 Å². The van der Waals surface area contributed by atoms with Gasteiger partial charge in [-0.3, -0.25) is 0 Å². The first-order valence-electron chi connectivity index (χ1n) is 7.75. The van der Waals surface area contributed by atoms with Gasteiger partial charge in [0, 0.05) is 17.1 Å². The minimum atomic E-state index is -0.773. The summed E-state index contributed by atoms with van der Waals surface area (Å²) in [7, 11) is 0. The lowest BCUT2D eigenvalue weighted by Crippen LogP contribution is -2.34. The molecule has 0 spiro atoms. The second kappa shape index (κ2) is 8.62. The number of hydrogen-bond donors (Lipinski definition) is 2. The van der Waals surface area contributed by atoms with Crippen LogP contribution in [0.15, 0.2) is 18.2 Å². The second-order valence-corrected chi connectivity index (χ2v) is 6.37. The predicted molar refractivity (Wildman–Crippen MR) is 89.0 cm³/mol. The van der Waals surface area contributed by atoms with Crippen molar-refractivity contribution in [3.05, 3.63) is 28.8 Å². The van der Waals surface area contributed by atoms with Gasteiger partial charge in [0.1, 0.15) is 12.4 Å². The molecule has 0 aliphatic rings. The zero-order valence-electron chi connectivity index (χ0n) is 13.6. The number of ether oxygens (including phenoxy) is 1. The Morgan fingerprint density at radius 3 is 2.52 bits per heavy atom. The average Bonchev–Trinajstić information content (AvgIpc) is 2.46. The van der Waals surface area contributed by atoms with Gasteiger partial charge < -0.3 is 15.2 Å². The topological polar surface area (TPSA) is 41.5 Å². The van der Waals surface area contributed by atoms with Crippen molar-refractivity contribution in [2.75, 3.05) is 13.2 Å². The van der Waals surface area contributed by atoms with E-state index in [2.05, 4.69) is 19.2 Å². The number of benzene rings is 1. The summed E-state index contributed by atoms with van der Waals surface area (Å²) in [5.74, 6) is 1.33. The average molecular weight is 314 g/mol. The summed E-state index contributed by atoms with van der Waals surface area (Å²) in [4.78, 5) is 0. The van der Waals surface area contributed by atoms with Crippen LogP contribution in [0.25, 0.3) is 0 Å². The minimum Gasteiger partial charge on any atom is -0.490 e. The molecule has 21 heavy (non-hydrogen) atoms. The van der Waals surface area contributed by atoms with Crippen LogP contribution < -0.4 is 10.1 Å². The molecule has 0 unspecified atom stereocenters. The van der Waals surface area contributed by atoms with Gasteiger partial charge in [0.25, 0.3) is 0 Å². The number of rotatable bonds is 9. The van der Waals surface area contributed by atoms with Crippen LogP contribution in [-0.2, 0) is 6.54 Å². The van der Waals surface area contributed by atoms with Crippen LogP contribution >= 0.6 is 11.6 Å². The fourth-order valence-corrected chi connectivity index (χ4v) is 2.23. The van der Waals surface area contributed by atoms with Gasteiger partial charge in [0.2, 0.25) is 0 Å². The molecule has 0 heterocycles. The third-order valence-electron chi connectivity index (χ3n) is 3.74. The summed E-state index contributed by atoms with van der Waals surface area (Å²) >= 11 is 6.28. The maximum Gasteiger partial charge on any atom is 0.125 e. The Morgan fingerprint density at radius 1 is 1.29 bits per heavy atom. The summed E-state index contributed by atoms with van der Waals surface area (Å²) < 4.78 is 5.85. The molecular formula is C17H28ClNO2. The molecule has 2 N–H and O–H groups in total. The minimum absolute atomic E-state index is 0.289. The normalized spacial score (nSPS) is 12.0. The molecule has 0 aliphatic carbocycles. The summed E-state index contributed by atoms with van der Waals surface area (Å²) in [6, 6.07) is 5.65. The zero-order valence-corrected chi connectivity index (χ0v) is 14.3. The third kappa shape index (κ3) is 5.85. The summed E-state index contributed by atoms with van der Waals surface area (Å²) in [5.41, 5.74) is 0.180. The van der Waals surface area contributed by atoms with Crippen molar-refractivity contribution in [1.29, 1.82) is 0 Å². The lowest BCUT2D eigenvalue weighted by molar-refractivity contribution is -0.0116. The van der Waals surface area contributed by atoms with Gasteiger partial charge >= 0.3 is 0 Å². The Bertz CT molecular complexity index is 431. The largest absolute Gasteiger partial charge is 0.490 e. The van der Waals surface area contributed by atoms with Gasteiger partial charge in [-0.05, 0) is 37.4 Å². The van der Waals surface area contributed by atoms with Crippen LogP contribution in [0.5, 0.6) is 5.75 Å². The van der Waals surface area contributed by atoms with Gasteiger partial charge in [-0.25, -0.2) is 0 Å². The van der Waals surface area contributed by atoms with Gasteiger partial charge in [0.15, 0.2) is 0 Å². The van der Waals surface area contributed by atoms with E-state index in [1.54, 1.807) is 0 Å². The van der Waals surface area contributed by atoms with E-state index in [-0.39, 0.29) is 6.61 Å². The van der Waals surface area contributed by atoms with Crippen LogP contribution in [0.3, 0.4) is 0 Å². The number of aliphatic hydroxyl groups is 1. The molecule has 1 aromatic carbocycles. The van der Waals surface area contributed by atoms with Crippen LogP contribution in [0, 0.1) is 5.92 Å². The molecule has 120 valence electrons. The van der Waals surface area contributed by atoms with Gasteiger partial charge in [-0.1, -0.05) is 45.4 Å². The molecule has 0 radical (unpaired) electrons. The van der Waals surface area contributed by atoms with E-state index in [4.69, 9.17) is 16.3 Å². The highest BCUT2D eigenvalue weighted by Crippen LogP contribution is 2.28. The molecule has 0 atom stereocenters. The summed E-state index contributed by atoms with van der Waals surface area (Å²) in [5, 5.41) is 14.4. The molecular weight excluding hydrogens is 286 g/mol.